The van der Waals surface area contributed by atoms with Gasteiger partial charge in [-0.1, -0.05) is 103 Å². The first kappa shape index (κ1) is 20.7. The Hall–Kier alpha value is -6.26. The van der Waals surface area contributed by atoms with Gasteiger partial charge in [0.15, 0.2) is 5.82 Å². The molecule has 0 bridgehead atoms. The topological polar surface area (TPSA) is 35.6 Å². The van der Waals surface area contributed by atoms with Gasteiger partial charge in [0.2, 0.25) is 0 Å². The first-order valence-corrected chi connectivity index (χ1v) is 15.2. The number of para-hydroxylation sites is 5. The van der Waals surface area contributed by atoms with E-state index in [1.165, 1.54) is 0 Å². The predicted molar refractivity (Wildman–Crippen MR) is 191 cm³/mol. The second kappa shape index (κ2) is 9.62. The number of rotatable bonds is 3. The van der Waals surface area contributed by atoms with Crippen LogP contribution in [0.4, 0.5) is 0 Å². The fourth-order valence-corrected chi connectivity index (χ4v) is 6.94. The van der Waals surface area contributed by atoms with E-state index in [2.05, 4.69) is 53.1 Å². The summed E-state index contributed by atoms with van der Waals surface area (Å²) in [4.78, 5) is 10.6. The summed E-state index contributed by atoms with van der Waals surface area (Å²) in [6, 6.07) is 41.1. The Kier molecular flexibility index (Phi) is 4.32. The van der Waals surface area contributed by atoms with E-state index in [1.807, 2.05) is 78.9 Å². The Balaban J connectivity index is 1.33. The van der Waals surface area contributed by atoms with Crippen LogP contribution in [-0.2, 0) is 0 Å². The minimum Gasteiger partial charge on any atom is -0.309 e. The highest BCUT2D eigenvalue weighted by Crippen LogP contribution is 2.39. The Morgan fingerprint density at radius 2 is 1.04 bits per heavy atom. The lowest BCUT2D eigenvalue weighted by Crippen LogP contribution is -2.04. The lowest BCUT2D eigenvalue weighted by molar-refractivity contribution is 1.08. The number of fused-ring (bicyclic) bond motifs is 8. The summed E-state index contributed by atoms with van der Waals surface area (Å²) in [5.74, 6) is 0.667. The van der Waals surface area contributed by atoms with Gasteiger partial charge >= 0.3 is 0 Å². The van der Waals surface area contributed by atoms with Crippen molar-refractivity contribution in [2.45, 2.75) is 0 Å². The van der Waals surface area contributed by atoms with Gasteiger partial charge in [0, 0.05) is 32.8 Å². The van der Waals surface area contributed by atoms with Gasteiger partial charge < -0.3 is 4.57 Å². The van der Waals surface area contributed by atoms with Crippen molar-refractivity contribution in [3.8, 4) is 22.8 Å². The molecule has 0 saturated carbocycles. The third-order valence-corrected chi connectivity index (χ3v) is 8.96. The van der Waals surface area contributed by atoms with Crippen molar-refractivity contribution in [2.24, 2.45) is 0 Å². The summed E-state index contributed by atoms with van der Waals surface area (Å²) < 4.78 is 46.9. The van der Waals surface area contributed by atoms with Crippen LogP contribution in [0.1, 0.15) is 6.85 Å². The lowest BCUT2D eigenvalue weighted by atomic mass is 10.1. The molecule has 10 aromatic rings. The standard InChI is InChI=1S/C42H26N4/c1-2-14-30(15-3-1)45-37-20-10-6-16-31(37)33-23-22-29(26-39(33)45)41-42(44-36-19-9-8-18-35(36)43-41)46-38-21-11-7-17-32(38)34-24-27-12-4-5-13-28(27)25-40(34)46/h1-26H/i1D,2D,3D,14D,15D. The number of benzene rings is 7. The average molecular weight is 592 g/mol. The highest BCUT2D eigenvalue weighted by Gasteiger charge is 2.21. The molecule has 3 heterocycles. The van der Waals surface area contributed by atoms with Crippen LogP contribution < -0.4 is 0 Å². The van der Waals surface area contributed by atoms with E-state index in [1.54, 1.807) is 4.57 Å². The van der Waals surface area contributed by atoms with Crippen LogP contribution >= 0.6 is 0 Å². The van der Waals surface area contributed by atoms with Crippen molar-refractivity contribution < 1.29 is 6.85 Å². The molecule has 0 aliphatic heterocycles. The summed E-state index contributed by atoms with van der Waals surface area (Å²) in [6.45, 7) is 0. The third-order valence-electron chi connectivity index (χ3n) is 8.96. The molecular formula is C42H26N4. The molecule has 4 heteroatoms. The molecule has 0 saturated heterocycles. The van der Waals surface area contributed by atoms with E-state index in [9.17, 15) is 0 Å². The number of hydrogen-bond acceptors (Lipinski definition) is 2. The third kappa shape index (κ3) is 3.61. The van der Waals surface area contributed by atoms with E-state index in [0.29, 0.717) is 17.0 Å². The average Bonchev–Trinajstić information content (AvgIpc) is 3.66. The summed E-state index contributed by atoms with van der Waals surface area (Å²) in [5.41, 5.74) is 6.49. The molecule has 0 aliphatic carbocycles. The summed E-state index contributed by atoms with van der Waals surface area (Å²) in [7, 11) is 0. The van der Waals surface area contributed by atoms with Crippen LogP contribution in [0.15, 0.2) is 158 Å². The molecule has 0 amide bonds. The van der Waals surface area contributed by atoms with Gasteiger partial charge in [0.05, 0.1) is 40.0 Å². The largest absolute Gasteiger partial charge is 0.309 e. The normalized spacial score (nSPS) is 13.4. The molecule has 0 spiro atoms. The molecule has 4 nitrogen and oxygen atoms in total. The van der Waals surface area contributed by atoms with Gasteiger partial charge in [-0.2, -0.15) is 0 Å². The van der Waals surface area contributed by atoms with Crippen molar-refractivity contribution >= 4 is 65.4 Å². The van der Waals surface area contributed by atoms with Crippen LogP contribution in [0.5, 0.6) is 0 Å². The SMILES string of the molecule is [2H]c1c([2H])c([2H])c(-n2c3ccccc3c3ccc(-c4nc5ccccc5nc4-n4c5ccccc5c5cc6ccccc6cc54)cc32)c([2H])c1[2H]. The molecule has 0 radical (unpaired) electrons. The Labute approximate surface area is 271 Å². The van der Waals surface area contributed by atoms with Gasteiger partial charge in [-0.05, 0) is 65.3 Å². The molecule has 214 valence electrons. The van der Waals surface area contributed by atoms with Gasteiger partial charge in [-0.3, -0.25) is 4.57 Å². The zero-order valence-electron chi connectivity index (χ0n) is 29.4. The van der Waals surface area contributed by atoms with Crippen molar-refractivity contribution in [2.75, 3.05) is 0 Å². The fraction of sp³-hybridized carbons (Fsp3) is 0. The molecule has 0 unspecified atom stereocenters. The van der Waals surface area contributed by atoms with E-state index in [0.717, 1.165) is 65.5 Å². The maximum Gasteiger partial charge on any atom is 0.165 e. The smallest absolute Gasteiger partial charge is 0.165 e. The summed E-state index contributed by atoms with van der Waals surface area (Å²) >= 11 is 0. The second-order valence-corrected chi connectivity index (χ2v) is 11.5. The number of aromatic nitrogens is 4. The molecule has 0 N–H and O–H groups in total. The van der Waals surface area contributed by atoms with Crippen molar-refractivity contribution in [1.82, 2.24) is 19.1 Å². The van der Waals surface area contributed by atoms with E-state index in [4.69, 9.17) is 16.8 Å². The van der Waals surface area contributed by atoms with Crippen LogP contribution in [-0.4, -0.2) is 19.1 Å². The first-order chi connectivity index (χ1) is 24.9. The van der Waals surface area contributed by atoms with Crippen molar-refractivity contribution in [3.63, 3.8) is 0 Å². The van der Waals surface area contributed by atoms with E-state index < -0.39 is 6.04 Å². The molecule has 0 atom stereocenters. The fourth-order valence-electron chi connectivity index (χ4n) is 6.94. The zero-order valence-corrected chi connectivity index (χ0v) is 24.4. The minimum absolute atomic E-state index is 0.100. The van der Waals surface area contributed by atoms with Crippen LogP contribution in [0.25, 0.3) is 88.2 Å². The van der Waals surface area contributed by atoms with Gasteiger partial charge in [-0.15, -0.1) is 0 Å². The highest BCUT2D eigenvalue weighted by molar-refractivity contribution is 6.14. The van der Waals surface area contributed by atoms with E-state index >= 15 is 0 Å². The molecule has 3 aromatic heterocycles. The molecule has 10 rings (SSSR count). The lowest BCUT2D eigenvalue weighted by Gasteiger charge is -2.14. The first-order valence-electron chi connectivity index (χ1n) is 17.7. The van der Waals surface area contributed by atoms with Crippen LogP contribution in [0.2, 0.25) is 0 Å². The van der Waals surface area contributed by atoms with Gasteiger partial charge in [0.25, 0.3) is 0 Å². The zero-order chi connectivity index (χ0) is 34.5. The molecule has 46 heavy (non-hydrogen) atoms. The maximum absolute atomic E-state index is 8.89. The maximum atomic E-state index is 8.89. The quantitative estimate of drug-likeness (QED) is 0.205. The molecule has 0 fully saturated rings. The van der Waals surface area contributed by atoms with Crippen molar-refractivity contribution in [3.05, 3.63) is 158 Å². The summed E-state index contributed by atoms with van der Waals surface area (Å²) in [5, 5.41) is 6.29. The Bertz CT molecular complexity index is 3080. The van der Waals surface area contributed by atoms with E-state index in [-0.39, 0.29) is 29.9 Å². The summed E-state index contributed by atoms with van der Waals surface area (Å²) in [6.07, 6.45) is 0. The predicted octanol–water partition coefficient (Wildman–Crippen LogP) is 10.6. The van der Waals surface area contributed by atoms with Crippen molar-refractivity contribution in [1.29, 1.82) is 0 Å². The Morgan fingerprint density at radius 1 is 0.457 bits per heavy atom. The highest BCUT2D eigenvalue weighted by atomic mass is 15.1. The number of nitrogens with zero attached hydrogens (tertiary/aromatic N) is 4. The van der Waals surface area contributed by atoms with Crippen LogP contribution in [0.3, 0.4) is 0 Å². The molecule has 7 aromatic carbocycles. The minimum atomic E-state index is -0.426. The monoisotopic (exact) mass is 591 g/mol. The van der Waals surface area contributed by atoms with Gasteiger partial charge in [-0.25, -0.2) is 9.97 Å². The number of hydrogen-bond donors (Lipinski definition) is 0. The second-order valence-electron chi connectivity index (χ2n) is 11.5. The van der Waals surface area contributed by atoms with Crippen LogP contribution in [0, 0.1) is 0 Å². The molecular weight excluding hydrogens is 560 g/mol. The Morgan fingerprint density at radius 3 is 1.83 bits per heavy atom. The molecule has 0 aliphatic rings. The van der Waals surface area contributed by atoms with Gasteiger partial charge in [0.1, 0.15) is 5.69 Å².